The molecule has 0 aliphatic heterocycles. The molecule has 2 heterocycles. The first kappa shape index (κ1) is 25.5. The predicted molar refractivity (Wildman–Crippen MR) is 173 cm³/mol. The first-order valence-corrected chi connectivity index (χ1v) is 14.7. The minimum Gasteiger partial charge on any atom is -0.383 e. The van der Waals surface area contributed by atoms with Crippen molar-refractivity contribution in [3.8, 4) is 22.5 Å². The molecule has 8 heteroatoms. The van der Waals surface area contributed by atoms with E-state index in [0.717, 1.165) is 44.4 Å². The first-order valence-electron chi connectivity index (χ1n) is 14.7. The van der Waals surface area contributed by atoms with Crippen LogP contribution in [-0.2, 0) is 0 Å². The Labute approximate surface area is 257 Å². The van der Waals surface area contributed by atoms with E-state index in [1.54, 1.807) is 0 Å². The van der Waals surface area contributed by atoms with Crippen LogP contribution in [0.5, 0.6) is 0 Å². The fourth-order valence-electron chi connectivity index (χ4n) is 6.83. The van der Waals surface area contributed by atoms with E-state index < -0.39 is 6.10 Å². The van der Waals surface area contributed by atoms with Gasteiger partial charge in [-0.3, -0.25) is 14.7 Å². The van der Waals surface area contributed by atoms with Crippen molar-refractivity contribution in [1.29, 1.82) is 0 Å². The van der Waals surface area contributed by atoms with Gasteiger partial charge in [-0.1, -0.05) is 83.7 Å². The Bertz CT molecular complexity index is 2400. The van der Waals surface area contributed by atoms with Crippen LogP contribution in [0.1, 0.15) is 49.1 Å². The van der Waals surface area contributed by atoms with Crippen LogP contribution in [0.15, 0.2) is 103 Å². The van der Waals surface area contributed by atoms with Crippen molar-refractivity contribution in [1.82, 2.24) is 20.1 Å². The van der Waals surface area contributed by atoms with Crippen LogP contribution in [0.3, 0.4) is 0 Å². The van der Waals surface area contributed by atoms with E-state index in [1.165, 1.54) is 4.85 Å². The summed E-state index contributed by atoms with van der Waals surface area (Å²) in [6, 6.07) is 32.7. The topological polar surface area (TPSA) is 93.1 Å². The van der Waals surface area contributed by atoms with Gasteiger partial charge < -0.3 is 9.74 Å². The Morgan fingerprint density at radius 3 is 2.27 bits per heavy atom. The number of nitrogens with one attached hydrogen (secondary N) is 1. The molecule has 2 aliphatic rings. The fraction of sp³-hybridized carbons (Fsp3) is 0.0811. The lowest BCUT2D eigenvalue weighted by atomic mass is 9.82. The van der Waals surface area contributed by atoms with E-state index in [2.05, 4.69) is 16.3 Å². The van der Waals surface area contributed by atoms with Gasteiger partial charge in [0, 0.05) is 75.1 Å². The number of carbonyl (C=O) groups is 2. The average Bonchev–Trinajstić information content (AvgIpc) is 3.68. The molecule has 1 N–H and O–H groups in total. The van der Waals surface area contributed by atoms with Gasteiger partial charge in [0.15, 0.2) is 17.7 Å². The number of fused-ring (bicyclic) bond motifs is 4. The zero-order valence-corrected chi connectivity index (χ0v) is 24.4. The highest BCUT2D eigenvalue weighted by Gasteiger charge is 2.35. The van der Waals surface area contributed by atoms with Crippen molar-refractivity contribution in [2.45, 2.75) is 6.10 Å². The monoisotopic (exact) mass is 587 g/mol. The number of carbonyl (C=O) groups excluding carboxylic acids is 2. The Morgan fingerprint density at radius 1 is 0.711 bits per heavy atom. The number of hydrogen-bond donors (Lipinski definition) is 1. The molecular weight excluding hydrogens is 562 g/mol. The summed E-state index contributed by atoms with van der Waals surface area (Å²) in [5.74, 6) is -0.117. The highest BCUT2D eigenvalue weighted by Crippen LogP contribution is 2.43. The van der Waals surface area contributed by atoms with Crippen LogP contribution in [-0.4, -0.2) is 45.8 Å². The van der Waals surface area contributed by atoms with Gasteiger partial charge in [-0.25, -0.2) is 0 Å². The van der Waals surface area contributed by atoms with Gasteiger partial charge in [-0.2, -0.15) is 5.10 Å². The normalized spacial score (nSPS) is 13.6. The number of ketones is 2. The van der Waals surface area contributed by atoms with Crippen LogP contribution in [0, 0.1) is 0 Å². The lowest BCUT2D eigenvalue weighted by Crippen LogP contribution is -2.24. The SMILES string of the molecule is CN(C)c1cccc(C(On2nc3c4c(cccc42)C(=O)c2ccccc2-3)c2cccc3c2C(=O)c2cccc4[nH]nc-3c24)c1. The van der Waals surface area contributed by atoms with Crippen molar-refractivity contribution in [3.05, 3.63) is 137 Å². The summed E-state index contributed by atoms with van der Waals surface area (Å²) in [5.41, 5.74) is 9.36. The van der Waals surface area contributed by atoms with Crippen LogP contribution >= 0.6 is 0 Å². The molecule has 216 valence electrons. The average molecular weight is 588 g/mol. The molecule has 0 amide bonds. The minimum absolute atomic E-state index is 0.0369. The molecule has 5 aromatic carbocycles. The second kappa shape index (κ2) is 9.24. The van der Waals surface area contributed by atoms with Gasteiger partial charge in [0.25, 0.3) is 0 Å². The zero-order chi connectivity index (χ0) is 30.4. The van der Waals surface area contributed by atoms with Gasteiger partial charge in [-0.05, 0) is 24.3 Å². The maximum Gasteiger partial charge on any atom is 0.194 e. The number of benzene rings is 5. The molecular formula is C37H25N5O3. The quantitative estimate of drug-likeness (QED) is 0.243. The number of aromatic nitrogens is 4. The predicted octanol–water partition coefficient (Wildman–Crippen LogP) is 6.62. The van der Waals surface area contributed by atoms with Crippen molar-refractivity contribution < 1.29 is 14.4 Å². The van der Waals surface area contributed by atoms with E-state index in [4.69, 9.17) is 9.94 Å². The number of rotatable bonds is 5. The van der Waals surface area contributed by atoms with E-state index in [-0.39, 0.29) is 11.6 Å². The summed E-state index contributed by atoms with van der Waals surface area (Å²) >= 11 is 0. The number of H-pyrrole nitrogens is 1. The van der Waals surface area contributed by atoms with Gasteiger partial charge in [0.05, 0.1) is 5.52 Å². The van der Waals surface area contributed by atoms with Crippen LogP contribution in [0.2, 0.25) is 0 Å². The van der Waals surface area contributed by atoms with Crippen LogP contribution in [0.25, 0.3) is 44.3 Å². The molecule has 2 aliphatic carbocycles. The molecule has 0 saturated carbocycles. The molecule has 0 spiro atoms. The van der Waals surface area contributed by atoms with Gasteiger partial charge in [0.1, 0.15) is 16.9 Å². The van der Waals surface area contributed by atoms with Crippen LogP contribution in [0.4, 0.5) is 5.69 Å². The minimum atomic E-state index is -0.727. The number of hydrogen-bond acceptors (Lipinski definition) is 6. The maximum atomic E-state index is 14.3. The third kappa shape index (κ3) is 3.53. The molecule has 2 aromatic heterocycles. The number of anilines is 1. The van der Waals surface area contributed by atoms with Crippen molar-refractivity contribution >= 4 is 39.1 Å². The molecule has 0 bridgehead atoms. The lowest BCUT2D eigenvalue weighted by Gasteiger charge is -2.25. The van der Waals surface area contributed by atoms with Gasteiger partial charge in [-0.15, -0.1) is 5.10 Å². The molecule has 0 radical (unpaired) electrons. The Balaban J connectivity index is 1.28. The Kier molecular flexibility index (Phi) is 5.23. The molecule has 9 rings (SSSR count). The summed E-state index contributed by atoms with van der Waals surface area (Å²) in [5, 5.41) is 14.3. The second-order valence-corrected chi connectivity index (χ2v) is 11.7. The smallest absolute Gasteiger partial charge is 0.194 e. The van der Waals surface area contributed by atoms with E-state index >= 15 is 0 Å². The molecule has 0 saturated heterocycles. The summed E-state index contributed by atoms with van der Waals surface area (Å²) < 4.78 is 0. The summed E-state index contributed by atoms with van der Waals surface area (Å²) in [6.07, 6.45) is -0.727. The van der Waals surface area contributed by atoms with E-state index in [0.29, 0.717) is 39.0 Å². The molecule has 1 atom stereocenters. The van der Waals surface area contributed by atoms with Crippen molar-refractivity contribution in [2.75, 3.05) is 19.0 Å². The Hall–Kier alpha value is -6.02. The zero-order valence-electron chi connectivity index (χ0n) is 24.4. The number of nitrogens with zero attached hydrogens (tertiary/aromatic N) is 4. The van der Waals surface area contributed by atoms with Crippen molar-refractivity contribution in [3.63, 3.8) is 0 Å². The third-order valence-electron chi connectivity index (χ3n) is 8.94. The van der Waals surface area contributed by atoms with Gasteiger partial charge in [0.2, 0.25) is 0 Å². The highest BCUT2D eigenvalue weighted by molar-refractivity contribution is 6.26. The largest absolute Gasteiger partial charge is 0.383 e. The molecule has 1 unspecified atom stereocenters. The first-order chi connectivity index (χ1) is 22.0. The summed E-state index contributed by atoms with van der Waals surface area (Å²) in [6.45, 7) is 0. The summed E-state index contributed by atoms with van der Waals surface area (Å²) in [4.78, 5) is 38.2. The lowest BCUT2D eigenvalue weighted by molar-refractivity contribution is 0.0450. The van der Waals surface area contributed by atoms with Gasteiger partial charge >= 0.3 is 0 Å². The highest BCUT2D eigenvalue weighted by atomic mass is 16.7. The second-order valence-electron chi connectivity index (χ2n) is 11.7. The standard InChI is InChI=1S/C37H25N5O3/c1-41(2)21-10-5-9-20(19-21)37(27-16-6-13-24-30(27)36(44)25-14-7-17-28-31(25)33(24)39-38-28)45-42-29-18-8-15-26-32(29)34(40-42)22-11-3-4-12-23(22)35(26)43/h3-19,37H,1-2H3,(H,38,39). The third-order valence-corrected chi connectivity index (χ3v) is 8.94. The van der Waals surface area contributed by atoms with E-state index in [1.807, 2.05) is 116 Å². The molecule has 8 nitrogen and oxygen atoms in total. The molecule has 45 heavy (non-hydrogen) atoms. The van der Waals surface area contributed by atoms with Crippen molar-refractivity contribution in [2.24, 2.45) is 0 Å². The van der Waals surface area contributed by atoms with Crippen LogP contribution < -0.4 is 9.74 Å². The number of aromatic amines is 1. The fourth-order valence-corrected chi connectivity index (χ4v) is 6.83. The maximum absolute atomic E-state index is 14.3. The Morgan fingerprint density at radius 2 is 1.42 bits per heavy atom. The summed E-state index contributed by atoms with van der Waals surface area (Å²) in [7, 11) is 3.98. The molecule has 0 fully saturated rings. The van der Waals surface area contributed by atoms with E-state index in [9.17, 15) is 9.59 Å². The molecule has 7 aromatic rings.